The van der Waals surface area contributed by atoms with Crippen molar-refractivity contribution in [2.45, 2.75) is 31.8 Å². The molecule has 30 heavy (non-hydrogen) atoms. The van der Waals surface area contributed by atoms with Crippen LogP contribution in [0.1, 0.15) is 19.5 Å². The van der Waals surface area contributed by atoms with E-state index in [0.717, 1.165) is 16.5 Å². The second kappa shape index (κ2) is 7.79. The van der Waals surface area contributed by atoms with Gasteiger partial charge in [-0.15, -0.1) is 0 Å². The van der Waals surface area contributed by atoms with Crippen LogP contribution in [0.5, 0.6) is 5.75 Å². The number of sulfonamides is 1. The third-order valence-corrected chi connectivity index (χ3v) is 5.83. The van der Waals surface area contributed by atoms with Crippen LogP contribution in [-0.4, -0.2) is 29.3 Å². The highest BCUT2D eigenvalue weighted by atomic mass is 32.2. The summed E-state index contributed by atoms with van der Waals surface area (Å²) in [5.74, 6) is 0.980. The monoisotopic (exact) mass is 422 g/mol. The molecular weight excluding hydrogens is 400 g/mol. The minimum absolute atomic E-state index is 0.0128. The molecule has 0 bridgehead atoms. The molecule has 0 atom stereocenters. The van der Waals surface area contributed by atoms with Crippen molar-refractivity contribution in [3.8, 4) is 11.4 Å². The maximum Gasteiger partial charge on any atom is 0.263 e. The lowest BCUT2D eigenvalue weighted by Gasteiger charge is -2.13. The van der Waals surface area contributed by atoms with Gasteiger partial charge in [0.15, 0.2) is 0 Å². The van der Waals surface area contributed by atoms with Crippen LogP contribution in [0.3, 0.4) is 0 Å². The topological polar surface area (TPSA) is 86.1 Å². The minimum Gasteiger partial charge on any atom is -0.491 e. The SMILES string of the molecule is Cc1cc(NS(=O)(=O)c2ccc(OC(C)C)cc2)n(-c2cccc3cnccc23)n1. The molecule has 0 spiro atoms. The summed E-state index contributed by atoms with van der Waals surface area (Å²) in [6, 6.07) is 15.7. The van der Waals surface area contributed by atoms with Gasteiger partial charge >= 0.3 is 0 Å². The van der Waals surface area contributed by atoms with Crippen molar-refractivity contribution in [3.63, 3.8) is 0 Å². The number of ether oxygens (including phenoxy) is 1. The van der Waals surface area contributed by atoms with Gasteiger partial charge in [-0.1, -0.05) is 12.1 Å². The molecule has 0 saturated carbocycles. The normalized spacial score (nSPS) is 11.7. The Bertz CT molecular complexity index is 1290. The van der Waals surface area contributed by atoms with Gasteiger partial charge in [0.25, 0.3) is 10.0 Å². The molecule has 1 N–H and O–H groups in total. The highest BCUT2D eigenvalue weighted by Gasteiger charge is 2.19. The summed E-state index contributed by atoms with van der Waals surface area (Å²) in [6.07, 6.45) is 3.48. The summed E-state index contributed by atoms with van der Waals surface area (Å²) in [4.78, 5) is 4.29. The molecule has 0 unspecified atom stereocenters. The van der Waals surface area contributed by atoms with Crippen LogP contribution < -0.4 is 9.46 Å². The van der Waals surface area contributed by atoms with Gasteiger partial charge in [0.05, 0.1) is 22.4 Å². The zero-order valence-electron chi connectivity index (χ0n) is 16.9. The van der Waals surface area contributed by atoms with Crippen molar-refractivity contribution in [1.82, 2.24) is 14.8 Å². The summed E-state index contributed by atoms with van der Waals surface area (Å²) in [5.41, 5.74) is 1.46. The minimum atomic E-state index is -3.81. The lowest BCUT2D eigenvalue weighted by atomic mass is 10.1. The van der Waals surface area contributed by atoms with Gasteiger partial charge < -0.3 is 4.74 Å². The number of aryl methyl sites for hydroxylation is 1. The summed E-state index contributed by atoms with van der Waals surface area (Å²) in [7, 11) is -3.81. The van der Waals surface area contributed by atoms with E-state index in [0.29, 0.717) is 17.3 Å². The van der Waals surface area contributed by atoms with E-state index in [1.807, 2.05) is 45.0 Å². The molecule has 0 radical (unpaired) electrons. The highest BCUT2D eigenvalue weighted by molar-refractivity contribution is 7.92. The number of anilines is 1. The first kappa shape index (κ1) is 19.9. The molecule has 0 aliphatic rings. The molecule has 0 aliphatic heterocycles. The van der Waals surface area contributed by atoms with Gasteiger partial charge in [0.2, 0.25) is 0 Å². The summed E-state index contributed by atoms with van der Waals surface area (Å²) in [5, 5.41) is 6.37. The average Bonchev–Trinajstić information content (AvgIpc) is 3.06. The smallest absolute Gasteiger partial charge is 0.263 e. The molecule has 0 saturated heterocycles. The Hall–Kier alpha value is -3.39. The van der Waals surface area contributed by atoms with E-state index in [1.54, 1.807) is 35.3 Å². The average molecular weight is 423 g/mol. The Morgan fingerprint density at radius 3 is 2.57 bits per heavy atom. The molecule has 2 aromatic carbocycles. The first-order valence-electron chi connectivity index (χ1n) is 9.53. The van der Waals surface area contributed by atoms with Crippen molar-refractivity contribution in [2.75, 3.05) is 4.72 Å². The quantitative estimate of drug-likeness (QED) is 0.500. The second-order valence-electron chi connectivity index (χ2n) is 7.20. The summed E-state index contributed by atoms with van der Waals surface area (Å²) < 4.78 is 35.8. The Morgan fingerprint density at radius 2 is 1.83 bits per heavy atom. The van der Waals surface area contributed by atoms with Crippen molar-refractivity contribution in [3.05, 3.63) is 72.7 Å². The molecular formula is C22H22N4O3S. The largest absolute Gasteiger partial charge is 0.491 e. The third kappa shape index (κ3) is 3.99. The number of hydrogen-bond donors (Lipinski definition) is 1. The van der Waals surface area contributed by atoms with Gasteiger partial charge in [-0.2, -0.15) is 5.10 Å². The molecule has 8 heteroatoms. The second-order valence-corrected chi connectivity index (χ2v) is 8.88. The van der Waals surface area contributed by atoms with Crippen molar-refractivity contribution >= 4 is 26.6 Å². The highest BCUT2D eigenvalue weighted by Crippen LogP contribution is 2.27. The van der Waals surface area contributed by atoms with E-state index in [9.17, 15) is 8.42 Å². The number of aromatic nitrogens is 3. The lowest BCUT2D eigenvalue weighted by Crippen LogP contribution is -2.16. The molecule has 0 amide bonds. The number of fused-ring (bicyclic) bond motifs is 1. The van der Waals surface area contributed by atoms with Crippen LogP contribution in [0.15, 0.2) is 71.9 Å². The Balaban J connectivity index is 1.71. The van der Waals surface area contributed by atoms with Crippen LogP contribution in [0.4, 0.5) is 5.82 Å². The summed E-state index contributed by atoms with van der Waals surface area (Å²) in [6.45, 7) is 5.65. The molecule has 0 aliphatic carbocycles. The van der Waals surface area contributed by atoms with E-state index in [-0.39, 0.29) is 11.0 Å². The first-order chi connectivity index (χ1) is 14.3. The number of nitrogens with one attached hydrogen (secondary N) is 1. The van der Waals surface area contributed by atoms with Crippen molar-refractivity contribution in [1.29, 1.82) is 0 Å². The standard InChI is InChI=1S/C22H22N4O3S/c1-15(2)29-18-7-9-19(10-8-18)30(27,28)25-22-13-16(3)24-26(22)21-6-4-5-17-14-23-12-11-20(17)21/h4-15,25H,1-3H3. The van der Waals surface area contributed by atoms with Gasteiger partial charge in [0, 0.05) is 29.2 Å². The maximum absolute atomic E-state index is 13.0. The third-order valence-electron chi connectivity index (χ3n) is 4.46. The molecule has 2 aromatic heterocycles. The fourth-order valence-corrected chi connectivity index (χ4v) is 4.25. The van der Waals surface area contributed by atoms with Crippen molar-refractivity contribution in [2.24, 2.45) is 0 Å². The molecule has 0 fully saturated rings. The Kier molecular flexibility index (Phi) is 5.17. The van der Waals surface area contributed by atoms with Crippen LogP contribution >= 0.6 is 0 Å². The number of rotatable bonds is 6. The molecule has 7 nitrogen and oxygen atoms in total. The van der Waals surface area contributed by atoms with Gasteiger partial charge in [-0.25, -0.2) is 13.1 Å². The molecule has 154 valence electrons. The lowest BCUT2D eigenvalue weighted by molar-refractivity contribution is 0.242. The van der Waals surface area contributed by atoms with E-state index >= 15 is 0 Å². The van der Waals surface area contributed by atoms with Crippen LogP contribution in [-0.2, 0) is 10.0 Å². The van der Waals surface area contributed by atoms with E-state index in [1.165, 1.54) is 12.1 Å². The first-order valence-corrected chi connectivity index (χ1v) is 11.0. The van der Waals surface area contributed by atoms with E-state index in [4.69, 9.17) is 4.74 Å². The molecule has 4 aromatic rings. The van der Waals surface area contributed by atoms with Crippen LogP contribution in [0.25, 0.3) is 16.5 Å². The number of benzene rings is 2. The number of hydrogen-bond acceptors (Lipinski definition) is 5. The molecule has 2 heterocycles. The fraction of sp³-hybridized carbons (Fsp3) is 0.182. The van der Waals surface area contributed by atoms with Crippen LogP contribution in [0.2, 0.25) is 0 Å². The molecule has 4 rings (SSSR count). The fourth-order valence-electron chi connectivity index (χ4n) is 3.21. The number of pyridine rings is 1. The predicted molar refractivity (Wildman–Crippen MR) is 117 cm³/mol. The van der Waals surface area contributed by atoms with E-state index in [2.05, 4.69) is 14.8 Å². The van der Waals surface area contributed by atoms with E-state index < -0.39 is 10.0 Å². The zero-order chi connectivity index (χ0) is 21.3. The zero-order valence-corrected chi connectivity index (χ0v) is 17.7. The maximum atomic E-state index is 13.0. The Morgan fingerprint density at radius 1 is 1.07 bits per heavy atom. The van der Waals surface area contributed by atoms with Crippen molar-refractivity contribution < 1.29 is 13.2 Å². The van der Waals surface area contributed by atoms with Gasteiger partial charge in [-0.3, -0.25) is 9.71 Å². The van der Waals surface area contributed by atoms with Gasteiger partial charge in [0.1, 0.15) is 11.6 Å². The van der Waals surface area contributed by atoms with Crippen LogP contribution in [0, 0.1) is 6.92 Å². The predicted octanol–water partition coefficient (Wildman–Crippen LogP) is 4.32. The Labute approximate surface area is 175 Å². The number of nitrogens with zero attached hydrogens (tertiary/aromatic N) is 3. The van der Waals surface area contributed by atoms with Gasteiger partial charge in [-0.05, 0) is 57.2 Å². The summed E-state index contributed by atoms with van der Waals surface area (Å²) >= 11 is 0.